The Balaban J connectivity index is 2.33. The fourth-order valence-corrected chi connectivity index (χ4v) is 4.19. The van der Waals surface area contributed by atoms with Crippen molar-refractivity contribution in [2.75, 3.05) is 7.11 Å². The molecule has 1 aliphatic rings. The number of benzene rings is 1. The highest BCUT2D eigenvalue weighted by atomic mass is 16.5. The molecule has 1 aromatic carbocycles. The van der Waals surface area contributed by atoms with Crippen LogP contribution in [-0.4, -0.2) is 12.7 Å². The SMILES string of the molecule is CCC1(CC)OC(c2ccc(OC)cc2)C1(CC)CC. The molecule has 1 atom stereocenters. The second kappa shape index (κ2) is 5.77. The van der Waals surface area contributed by atoms with Crippen LogP contribution in [-0.2, 0) is 4.74 Å². The van der Waals surface area contributed by atoms with Crippen molar-refractivity contribution in [2.45, 2.75) is 65.1 Å². The topological polar surface area (TPSA) is 18.5 Å². The van der Waals surface area contributed by atoms with Gasteiger partial charge in [-0.3, -0.25) is 0 Å². The van der Waals surface area contributed by atoms with E-state index in [1.165, 1.54) is 18.4 Å². The number of ether oxygens (including phenoxy) is 2. The molecule has 1 aromatic rings. The van der Waals surface area contributed by atoms with Crippen molar-refractivity contribution < 1.29 is 9.47 Å². The summed E-state index contributed by atoms with van der Waals surface area (Å²) in [7, 11) is 1.70. The maximum Gasteiger partial charge on any atom is 0.118 e. The van der Waals surface area contributed by atoms with Crippen molar-refractivity contribution in [1.82, 2.24) is 0 Å². The monoisotopic (exact) mass is 276 g/mol. The van der Waals surface area contributed by atoms with Crippen molar-refractivity contribution in [3.05, 3.63) is 29.8 Å². The summed E-state index contributed by atoms with van der Waals surface area (Å²) in [6, 6.07) is 8.37. The van der Waals surface area contributed by atoms with Crippen LogP contribution in [0.15, 0.2) is 24.3 Å². The Hall–Kier alpha value is -1.02. The van der Waals surface area contributed by atoms with Crippen LogP contribution in [0.25, 0.3) is 0 Å². The Morgan fingerprint density at radius 2 is 1.50 bits per heavy atom. The number of methoxy groups -OCH3 is 1. The maximum absolute atomic E-state index is 6.44. The lowest BCUT2D eigenvalue weighted by atomic mass is 9.56. The molecule has 0 saturated carbocycles. The van der Waals surface area contributed by atoms with Crippen molar-refractivity contribution in [3.8, 4) is 5.75 Å². The highest BCUT2D eigenvalue weighted by molar-refractivity contribution is 5.32. The number of hydrogen-bond acceptors (Lipinski definition) is 2. The molecule has 1 saturated heterocycles. The summed E-state index contributed by atoms with van der Waals surface area (Å²) in [4.78, 5) is 0. The summed E-state index contributed by atoms with van der Waals surface area (Å²) in [5.74, 6) is 0.906. The normalized spacial score (nSPS) is 23.1. The molecule has 0 bridgehead atoms. The average molecular weight is 276 g/mol. The van der Waals surface area contributed by atoms with E-state index in [-0.39, 0.29) is 17.1 Å². The summed E-state index contributed by atoms with van der Waals surface area (Å²) < 4.78 is 11.7. The summed E-state index contributed by atoms with van der Waals surface area (Å²) >= 11 is 0. The van der Waals surface area contributed by atoms with Crippen LogP contribution >= 0.6 is 0 Å². The Morgan fingerprint density at radius 1 is 0.950 bits per heavy atom. The second-order valence-electron chi connectivity index (χ2n) is 5.84. The molecule has 2 heteroatoms. The third-order valence-corrected chi connectivity index (χ3v) is 5.58. The van der Waals surface area contributed by atoms with E-state index < -0.39 is 0 Å². The van der Waals surface area contributed by atoms with E-state index in [1.807, 2.05) is 12.1 Å². The van der Waals surface area contributed by atoms with Gasteiger partial charge in [-0.25, -0.2) is 0 Å². The van der Waals surface area contributed by atoms with Crippen LogP contribution in [0.5, 0.6) is 5.75 Å². The van der Waals surface area contributed by atoms with Crippen LogP contribution in [0.1, 0.15) is 65.0 Å². The highest BCUT2D eigenvalue weighted by Gasteiger charge is 2.63. The van der Waals surface area contributed by atoms with Gasteiger partial charge in [0.25, 0.3) is 0 Å². The second-order valence-corrected chi connectivity index (χ2v) is 5.84. The van der Waals surface area contributed by atoms with Crippen molar-refractivity contribution >= 4 is 0 Å². The molecule has 2 rings (SSSR count). The van der Waals surface area contributed by atoms with Crippen LogP contribution < -0.4 is 4.74 Å². The molecule has 0 spiro atoms. The maximum atomic E-state index is 6.44. The van der Waals surface area contributed by atoms with E-state index in [2.05, 4.69) is 39.8 Å². The van der Waals surface area contributed by atoms with Gasteiger partial charge in [-0.2, -0.15) is 0 Å². The minimum atomic E-state index is 0.0566. The number of rotatable bonds is 6. The van der Waals surface area contributed by atoms with Gasteiger partial charge in [-0.1, -0.05) is 39.8 Å². The van der Waals surface area contributed by atoms with Gasteiger partial charge >= 0.3 is 0 Å². The summed E-state index contributed by atoms with van der Waals surface area (Å²) in [5.41, 5.74) is 1.61. The largest absolute Gasteiger partial charge is 0.497 e. The van der Waals surface area contributed by atoms with Crippen molar-refractivity contribution in [2.24, 2.45) is 5.41 Å². The molecule has 1 heterocycles. The first-order valence-electron chi connectivity index (χ1n) is 7.94. The molecule has 0 aromatic heterocycles. The first-order valence-corrected chi connectivity index (χ1v) is 7.94. The molecule has 0 aliphatic carbocycles. The zero-order valence-corrected chi connectivity index (χ0v) is 13.5. The van der Waals surface area contributed by atoms with Gasteiger partial charge in [-0.15, -0.1) is 0 Å². The third-order valence-electron chi connectivity index (χ3n) is 5.58. The molecule has 20 heavy (non-hydrogen) atoms. The zero-order chi connectivity index (χ0) is 14.8. The smallest absolute Gasteiger partial charge is 0.118 e. The van der Waals surface area contributed by atoms with Crippen LogP contribution in [0.4, 0.5) is 0 Å². The van der Waals surface area contributed by atoms with Gasteiger partial charge in [0, 0.05) is 5.41 Å². The molecule has 0 radical (unpaired) electrons. The molecule has 1 fully saturated rings. The Bertz CT molecular complexity index is 427. The molecule has 1 aliphatic heterocycles. The predicted octanol–water partition coefficient (Wildman–Crippen LogP) is 5.13. The summed E-state index contributed by atoms with van der Waals surface area (Å²) in [6.07, 6.45) is 4.75. The van der Waals surface area contributed by atoms with Gasteiger partial charge in [0.05, 0.1) is 18.8 Å². The first-order chi connectivity index (χ1) is 9.62. The first kappa shape index (κ1) is 15.4. The van der Waals surface area contributed by atoms with E-state index in [0.717, 1.165) is 18.6 Å². The van der Waals surface area contributed by atoms with E-state index in [4.69, 9.17) is 9.47 Å². The minimum absolute atomic E-state index is 0.0566. The lowest BCUT2D eigenvalue weighted by molar-refractivity contribution is -0.332. The van der Waals surface area contributed by atoms with E-state index in [0.29, 0.717) is 0 Å². The van der Waals surface area contributed by atoms with E-state index in [1.54, 1.807) is 7.11 Å². The molecule has 112 valence electrons. The molecule has 1 unspecified atom stereocenters. The number of hydrogen-bond donors (Lipinski definition) is 0. The van der Waals surface area contributed by atoms with Gasteiger partial charge < -0.3 is 9.47 Å². The zero-order valence-electron chi connectivity index (χ0n) is 13.5. The van der Waals surface area contributed by atoms with Crippen LogP contribution in [0.2, 0.25) is 0 Å². The fraction of sp³-hybridized carbons (Fsp3) is 0.667. The lowest BCUT2D eigenvalue weighted by Crippen LogP contribution is -2.63. The average Bonchev–Trinajstić information content (AvgIpc) is 2.50. The summed E-state index contributed by atoms with van der Waals surface area (Å²) in [5, 5.41) is 0. The van der Waals surface area contributed by atoms with Crippen LogP contribution in [0.3, 0.4) is 0 Å². The standard InChI is InChI=1S/C18H28O2/c1-6-17(7-2)16(20-18(17,8-3)9-4)14-10-12-15(19-5)13-11-14/h10-13,16H,6-9H2,1-5H3. The third kappa shape index (κ3) is 1.96. The Kier molecular flexibility index (Phi) is 4.43. The lowest BCUT2D eigenvalue weighted by Gasteiger charge is -2.64. The molecule has 0 N–H and O–H groups in total. The predicted molar refractivity (Wildman–Crippen MR) is 83.1 cm³/mol. The molecular formula is C18H28O2. The highest BCUT2D eigenvalue weighted by Crippen LogP contribution is 2.64. The molecule has 2 nitrogen and oxygen atoms in total. The Morgan fingerprint density at radius 3 is 1.90 bits per heavy atom. The Labute approximate surface area is 123 Å². The molecular weight excluding hydrogens is 248 g/mol. The van der Waals surface area contributed by atoms with Crippen LogP contribution in [0, 0.1) is 5.41 Å². The summed E-state index contributed by atoms with van der Waals surface area (Å²) in [6.45, 7) is 9.13. The van der Waals surface area contributed by atoms with Gasteiger partial charge in [0.1, 0.15) is 5.75 Å². The van der Waals surface area contributed by atoms with Crippen molar-refractivity contribution in [1.29, 1.82) is 0 Å². The molecule has 0 amide bonds. The fourth-order valence-electron chi connectivity index (χ4n) is 4.19. The van der Waals surface area contributed by atoms with E-state index >= 15 is 0 Å². The van der Waals surface area contributed by atoms with Gasteiger partial charge in [0.2, 0.25) is 0 Å². The van der Waals surface area contributed by atoms with Crippen molar-refractivity contribution in [3.63, 3.8) is 0 Å². The van der Waals surface area contributed by atoms with E-state index in [9.17, 15) is 0 Å². The minimum Gasteiger partial charge on any atom is -0.497 e. The van der Waals surface area contributed by atoms with Gasteiger partial charge in [0.15, 0.2) is 0 Å². The van der Waals surface area contributed by atoms with Gasteiger partial charge in [-0.05, 0) is 43.4 Å². The quantitative estimate of drug-likeness (QED) is 0.717.